The van der Waals surface area contributed by atoms with Crippen molar-refractivity contribution in [2.75, 3.05) is 14.2 Å². The second-order valence-corrected chi connectivity index (χ2v) is 3.97. The first-order valence-corrected chi connectivity index (χ1v) is 5.45. The molecule has 0 aliphatic heterocycles. The minimum Gasteiger partial charge on any atom is -0.480 e. The fraction of sp³-hybridized carbons (Fsp3) is 0.333. The van der Waals surface area contributed by atoms with Crippen molar-refractivity contribution in [3.63, 3.8) is 0 Å². The lowest BCUT2D eigenvalue weighted by Gasteiger charge is -2.14. The number of ether oxygens (including phenoxy) is 3. The van der Waals surface area contributed by atoms with Gasteiger partial charge in [-0.1, -0.05) is 0 Å². The first-order valence-electron chi connectivity index (χ1n) is 4.37. The third-order valence-corrected chi connectivity index (χ3v) is 2.28. The second-order valence-electron chi connectivity index (χ2n) is 2.87. The Morgan fingerprint density at radius 1 is 1.39 bits per heavy atom. The number of nitrogens with zero attached hydrogens (tertiary/aromatic N) is 1. The zero-order valence-electron chi connectivity index (χ0n) is 9.17. The predicted octanol–water partition coefficient (Wildman–Crippen LogP) is 2.38. The highest BCUT2D eigenvalue weighted by Crippen LogP contribution is 2.33. The highest BCUT2D eigenvalue weighted by molar-refractivity contribution is 14.1. The van der Waals surface area contributed by atoms with Crippen LogP contribution in [0.3, 0.4) is 0 Å². The summed E-state index contributed by atoms with van der Waals surface area (Å²) in [6, 6.07) is 0.961. The SMILES string of the molecule is COC(=O)c1c(OC(F)(F)F)cc(I)nc1OC. The van der Waals surface area contributed by atoms with E-state index in [0.717, 1.165) is 13.2 Å². The molecule has 0 aliphatic carbocycles. The summed E-state index contributed by atoms with van der Waals surface area (Å²) in [6.07, 6.45) is -4.93. The molecule has 0 saturated carbocycles. The summed E-state index contributed by atoms with van der Waals surface area (Å²) in [5, 5.41) is 0. The van der Waals surface area contributed by atoms with Gasteiger partial charge in [-0.3, -0.25) is 0 Å². The Kier molecular flexibility index (Phi) is 4.59. The standard InChI is InChI=1S/C9H7F3INO4/c1-16-7-6(8(15)17-2)4(3-5(13)14-7)18-9(10,11)12/h3H,1-2H3. The van der Waals surface area contributed by atoms with Gasteiger partial charge >= 0.3 is 12.3 Å². The number of hydrogen-bond acceptors (Lipinski definition) is 5. The van der Waals surface area contributed by atoms with Crippen LogP contribution in [0.5, 0.6) is 11.6 Å². The number of esters is 1. The summed E-state index contributed by atoms with van der Waals surface area (Å²) in [4.78, 5) is 15.2. The Balaban J connectivity index is 3.37. The number of halogens is 4. The molecule has 0 N–H and O–H groups in total. The van der Waals surface area contributed by atoms with Gasteiger partial charge < -0.3 is 14.2 Å². The van der Waals surface area contributed by atoms with Gasteiger partial charge in [0.1, 0.15) is 3.70 Å². The minimum atomic E-state index is -4.93. The fourth-order valence-corrected chi connectivity index (χ4v) is 1.62. The van der Waals surface area contributed by atoms with E-state index in [1.807, 2.05) is 0 Å². The molecule has 1 rings (SSSR count). The number of hydrogen-bond donors (Lipinski definition) is 0. The van der Waals surface area contributed by atoms with Gasteiger partial charge in [-0.25, -0.2) is 9.78 Å². The maximum absolute atomic E-state index is 12.2. The smallest absolute Gasteiger partial charge is 0.480 e. The van der Waals surface area contributed by atoms with Gasteiger partial charge in [0.25, 0.3) is 0 Å². The summed E-state index contributed by atoms with van der Waals surface area (Å²) in [5.74, 6) is -2.05. The van der Waals surface area contributed by atoms with Gasteiger partial charge in [0, 0.05) is 6.07 Å². The molecular formula is C9H7F3INO4. The largest absolute Gasteiger partial charge is 0.573 e. The normalized spacial score (nSPS) is 11.0. The first-order chi connectivity index (χ1) is 8.28. The lowest BCUT2D eigenvalue weighted by atomic mass is 10.2. The van der Waals surface area contributed by atoms with Gasteiger partial charge in [0.2, 0.25) is 5.88 Å². The van der Waals surface area contributed by atoms with Crippen LogP contribution in [0.1, 0.15) is 10.4 Å². The molecule has 1 heterocycles. The van der Waals surface area contributed by atoms with E-state index < -0.39 is 23.6 Å². The molecule has 0 atom stereocenters. The molecule has 0 fully saturated rings. The van der Waals surface area contributed by atoms with Crippen LogP contribution in [0.15, 0.2) is 6.07 Å². The van der Waals surface area contributed by atoms with Gasteiger partial charge in [-0.05, 0) is 22.6 Å². The molecule has 0 radical (unpaired) electrons. The molecule has 9 heteroatoms. The number of alkyl halides is 3. The highest BCUT2D eigenvalue weighted by Gasteiger charge is 2.35. The van der Waals surface area contributed by atoms with Crippen molar-refractivity contribution >= 4 is 28.6 Å². The summed E-state index contributed by atoms with van der Waals surface area (Å²) in [5.41, 5.74) is -0.516. The molecule has 5 nitrogen and oxygen atoms in total. The zero-order chi connectivity index (χ0) is 13.9. The lowest BCUT2D eigenvalue weighted by Crippen LogP contribution is -2.20. The van der Waals surface area contributed by atoms with Gasteiger partial charge in [0.15, 0.2) is 11.3 Å². The zero-order valence-corrected chi connectivity index (χ0v) is 11.3. The highest BCUT2D eigenvalue weighted by atomic mass is 127. The third-order valence-electron chi connectivity index (χ3n) is 1.73. The van der Waals surface area contributed by atoms with Gasteiger partial charge in [-0.2, -0.15) is 0 Å². The minimum absolute atomic E-state index is 0.177. The Bertz CT molecular complexity index is 464. The quantitative estimate of drug-likeness (QED) is 0.460. The van der Waals surface area contributed by atoms with Crippen LogP contribution in [0.4, 0.5) is 13.2 Å². The number of rotatable bonds is 3. The summed E-state index contributed by atoms with van der Waals surface area (Å²) in [7, 11) is 2.19. The predicted molar refractivity (Wildman–Crippen MR) is 61.5 cm³/mol. The van der Waals surface area contributed by atoms with E-state index in [2.05, 4.69) is 14.5 Å². The van der Waals surface area contributed by atoms with Crippen molar-refractivity contribution in [2.45, 2.75) is 6.36 Å². The van der Waals surface area contributed by atoms with Crippen molar-refractivity contribution in [1.29, 1.82) is 0 Å². The fourth-order valence-electron chi connectivity index (χ4n) is 1.11. The molecule has 1 aromatic rings. The van der Waals surface area contributed by atoms with Crippen LogP contribution < -0.4 is 9.47 Å². The lowest BCUT2D eigenvalue weighted by molar-refractivity contribution is -0.274. The molecule has 0 saturated heterocycles. The Morgan fingerprint density at radius 2 is 2.00 bits per heavy atom. The summed E-state index contributed by atoms with van der Waals surface area (Å²) in [6.45, 7) is 0. The van der Waals surface area contributed by atoms with Crippen LogP contribution in [-0.2, 0) is 4.74 Å². The van der Waals surface area contributed by atoms with Crippen LogP contribution >= 0.6 is 22.6 Å². The monoisotopic (exact) mass is 377 g/mol. The van der Waals surface area contributed by atoms with E-state index in [4.69, 9.17) is 4.74 Å². The van der Waals surface area contributed by atoms with Crippen molar-refractivity contribution in [3.05, 3.63) is 15.3 Å². The van der Waals surface area contributed by atoms with E-state index in [9.17, 15) is 18.0 Å². The Hall–Kier alpha value is -1.26. The summed E-state index contributed by atoms with van der Waals surface area (Å²) >= 11 is 1.67. The van der Waals surface area contributed by atoms with Crippen LogP contribution in [-0.4, -0.2) is 31.5 Å². The first kappa shape index (κ1) is 14.8. The van der Waals surface area contributed by atoms with E-state index in [0.29, 0.717) is 0 Å². The Labute approximate surface area is 113 Å². The topological polar surface area (TPSA) is 57.7 Å². The van der Waals surface area contributed by atoms with Crippen molar-refractivity contribution < 1.29 is 32.2 Å². The van der Waals surface area contributed by atoms with Crippen molar-refractivity contribution in [3.8, 4) is 11.6 Å². The van der Waals surface area contributed by atoms with E-state index >= 15 is 0 Å². The third kappa shape index (κ3) is 3.62. The number of aromatic nitrogens is 1. The van der Waals surface area contributed by atoms with Crippen LogP contribution in [0, 0.1) is 3.70 Å². The maximum atomic E-state index is 12.2. The number of pyridine rings is 1. The summed E-state index contributed by atoms with van der Waals surface area (Å²) < 4.78 is 49.7. The molecule has 18 heavy (non-hydrogen) atoms. The number of methoxy groups -OCH3 is 2. The van der Waals surface area contributed by atoms with Crippen molar-refractivity contribution in [1.82, 2.24) is 4.98 Å². The second kappa shape index (κ2) is 5.59. The van der Waals surface area contributed by atoms with Gasteiger partial charge in [-0.15, -0.1) is 13.2 Å². The molecule has 1 aromatic heterocycles. The van der Waals surface area contributed by atoms with E-state index in [-0.39, 0.29) is 9.58 Å². The molecule has 0 bridgehead atoms. The molecule has 0 amide bonds. The molecule has 0 unspecified atom stereocenters. The molecule has 0 spiro atoms. The van der Waals surface area contributed by atoms with Crippen LogP contribution in [0.2, 0.25) is 0 Å². The number of carbonyl (C=O) groups is 1. The molecule has 0 aliphatic rings. The van der Waals surface area contributed by atoms with Gasteiger partial charge in [0.05, 0.1) is 14.2 Å². The average Bonchev–Trinajstić information content (AvgIpc) is 2.25. The average molecular weight is 377 g/mol. The van der Waals surface area contributed by atoms with E-state index in [1.54, 1.807) is 22.6 Å². The number of carbonyl (C=O) groups excluding carboxylic acids is 1. The maximum Gasteiger partial charge on any atom is 0.573 e. The molecule has 100 valence electrons. The molecular weight excluding hydrogens is 370 g/mol. The molecule has 0 aromatic carbocycles. The van der Waals surface area contributed by atoms with Crippen molar-refractivity contribution in [2.24, 2.45) is 0 Å². The van der Waals surface area contributed by atoms with Crippen LogP contribution in [0.25, 0.3) is 0 Å². The van der Waals surface area contributed by atoms with E-state index in [1.165, 1.54) is 7.11 Å². The Morgan fingerprint density at radius 3 is 2.44 bits per heavy atom.